The number of aryl methyl sites for hydroxylation is 2. The zero-order chi connectivity index (χ0) is 23.9. The predicted octanol–water partition coefficient (Wildman–Crippen LogP) is 3.76. The summed E-state index contributed by atoms with van der Waals surface area (Å²) in [6.45, 7) is 8.11. The molecule has 0 unspecified atom stereocenters. The highest BCUT2D eigenvalue weighted by atomic mass is 19.4. The third kappa shape index (κ3) is 4.56. The maximum atomic E-state index is 12.9. The minimum absolute atomic E-state index is 0.0355. The average molecular weight is 460 g/mol. The molecule has 1 saturated heterocycles. The Hall–Kier alpha value is -3.40. The number of nitrogens with two attached hydrogens (primary N) is 2. The topological polar surface area (TPSA) is 92.1 Å². The number of aromatic amines is 1. The van der Waals surface area contributed by atoms with Gasteiger partial charge in [0.1, 0.15) is 5.82 Å². The van der Waals surface area contributed by atoms with Crippen molar-refractivity contribution in [2.24, 2.45) is 5.73 Å². The van der Waals surface area contributed by atoms with Crippen LogP contribution in [0.5, 0.6) is 0 Å². The van der Waals surface area contributed by atoms with Crippen molar-refractivity contribution < 1.29 is 13.2 Å². The molecule has 1 aliphatic rings. The molecule has 0 amide bonds. The lowest BCUT2D eigenvalue weighted by atomic mass is 9.99. The number of halogens is 3. The highest BCUT2D eigenvalue weighted by Crippen LogP contribution is 2.34. The molecule has 0 radical (unpaired) electrons. The molecule has 7 nitrogen and oxygen atoms in total. The van der Waals surface area contributed by atoms with Crippen LogP contribution in [0.25, 0.3) is 22.9 Å². The Morgan fingerprint density at radius 2 is 1.76 bits per heavy atom. The normalized spacial score (nSPS) is 15.9. The Balaban J connectivity index is 1.66. The molecule has 2 aromatic heterocycles. The summed E-state index contributed by atoms with van der Waals surface area (Å²) >= 11 is 0. The third-order valence-electron chi connectivity index (χ3n) is 6.05. The molecule has 0 bridgehead atoms. The molecule has 1 aliphatic heterocycles. The van der Waals surface area contributed by atoms with Crippen LogP contribution in [0.15, 0.2) is 30.7 Å². The molecular weight excluding hydrogens is 431 g/mol. The first-order valence-electron chi connectivity index (χ1n) is 10.7. The van der Waals surface area contributed by atoms with E-state index in [1.807, 2.05) is 12.1 Å². The molecule has 33 heavy (non-hydrogen) atoms. The Morgan fingerprint density at radius 1 is 1.12 bits per heavy atom. The summed E-state index contributed by atoms with van der Waals surface area (Å²) in [6.07, 6.45) is 0.739. The van der Waals surface area contributed by atoms with Gasteiger partial charge >= 0.3 is 6.30 Å². The largest absolute Gasteiger partial charge is 0.504 e. The second kappa shape index (κ2) is 8.51. The maximum Gasteiger partial charge on any atom is 0.504 e. The fraction of sp³-hybridized carbons (Fsp3) is 0.348. The van der Waals surface area contributed by atoms with Crippen molar-refractivity contribution in [3.05, 3.63) is 53.0 Å². The van der Waals surface area contributed by atoms with E-state index in [1.165, 1.54) is 5.69 Å². The number of hydrogen-bond donors (Lipinski definition) is 3. The first-order chi connectivity index (χ1) is 15.5. The predicted molar refractivity (Wildman–Crippen MR) is 125 cm³/mol. The number of H-pyrrole nitrogens is 1. The number of hydrogen-bond acceptors (Lipinski definition) is 5. The van der Waals surface area contributed by atoms with Gasteiger partial charge in [0.25, 0.3) is 0 Å². The lowest BCUT2D eigenvalue weighted by Crippen LogP contribution is -2.45. The van der Waals surface area contributed by atoms with E-state index in [0.717, 1.165) is 55.3 Å². The van der Waals surface area contributed by atoms with Crippen LogP contribution in [0.3, 0.4) is 0 Å². The van der Waals surface area contributed by atoms with Crippen molar-refractivity contribution in [3.8, 4) is 11.1 Å². The fourth-order valence-corrected chi connectivity index (χ4v) is 4.34. The molecule has 4 rings (SSSR count). The number of aromatic nitrogens is 3. The van der Waals surface area contributed by atoms with Crippen LogP contribution >= 0.6 is 0 Å². The summed E-state index contributed by atoms with van der Waals surface area (Å²) in [5.41, 5.74) is 18.6. The van der Waals surface area contributed by atoms with Crippen LogP contribution in [-0.2, 0) is 6.30 Å². The van der Waals surface area contributed by atoms with Gasteiger partial charge in [0, 0.05) is 66.6 Å². The number of nitrogens with zero attached hydrogens (tertiary/aromatic N) is 4. The van der Waals surface area contributed by atoms with Crippen molar-refractivity contribution in [2.45, 2.75) is 20.1 Å². The molecule has 0 atom stereocenters. The number of piperazine rings is 1. The summed E-state index contributed by atoms with van der Waals surface area (Å²) in [5.74, 6) is 0.315. The van der Waals surface area contributed by atoms with Crippen LogP contribution in [0, 0.1) is 13.8 Å². The van der Waals surface area contributed by atoms with Gasteiger partial charge in [0.05, 0.1) is 6.20 Å². The van der Waals surface area contributed by atoms with E-state index in [4.69, 9.17) is 11.5 Å². The molecule has 5 N–H and O–H groups in total. The number of benzene rings is 1. The van der Waals surface area contributed by atoms with Crippen molar-refractivity contribution >= 4 is 23.3 Å². The van der Waals surface area contributed by atoms with Crippen LogP contribution in [0.4, 0.5) is 24.7 Å². The van der Waals surface area contributed by atoms with Gasteiger partial charge in [-0.05, 0) is 55.8 Å². The minimum Gasteiger partial charge on any atom is -0.398 e. The highest BCUT2D eigenvalue weighted by Gasteiger charge is 2.32. The van der Waals surface area contributed by atoms with Crippen LogP contribution < -0.4 is 16.4 Å². The molecule has 3 heterocycles. The average Bonchev–Trinajstić information content (AvgIpc) is 3.36. The zero-order valence-corrected chi connectivity index (χ0v) is 18.9. The van der Waals surface area contributed by atoms with Gasteiger partial charge in [0.2, 0.25) is 0 Å². The quantitative estimate of drug-likeness (QED) is 0.553. The van der Waals surface area contributed by atoms with E-state index in [-0.39, 0.29) is 10.2 Å². The summed E-state index contributed by atoms with van der Waals surface area (Å²) in [6, 6.07) is 4.08. The second-order valence-corrected chi connectivity index (χ2v) is 8.52. The smallest absolute Gasteiger partial charge is 0.398 e. The number of nitrogens with one attached hydrogen (secondary N) is 1. The monoisotopic (exact) mass is 459 g/mol. The molecule has 0 saturated carbocycles. The van der Waals surface area contributed by atoms with Gasteiger partial charge in [0.15, 0.2) is 0 Å². The standard InChI is InChI=1S/C23H28F3N7/c1-14-8-16(9-15(2)21(14)32-6-4-31(3)5-7-32)20(27)10-18-19(12-29-22(18)28)17-11-30-33(13-17)23(24,25)26/h8-13,29H,4-7,27-28H2,1-3H3/b20-10-. The van der Waals surface area contributed by atoms with E-state index in [2.05, 4.69) is 40.8 Å². The van der Waals surface area contributed by atoms with E-state index in [0.29, 0.717) is 22.6 Å². The van der Waals surface area contributed by atoms with E-state index >= 15 is 0 Å². The number of likely N-dealkylation sites (N-methyl/N-ethyl adjacent to an activating group) is 1. The van der Waals surface area contributed by atoms with Crippen molar-refractivity contribution in [3.63, 3.8) is 0 Å². The van der Waals surface area contributed by atoms with Crippen molar-refractivity contribution in [2.75, 3.05) is 43.9 Å². The van der Waals surface area contributed by atoms with E-state index in [1.54, 1.807) is 12.3 Å². The Morgan fingerprint density at radius 3 is 2.33 bits per heavy atom. The molecule has 1 aromatic carbocycles. The van der Waals surface area contributed by atoms with Crippen molar-refractivity contribution in [1.29, 1.82) is 0 Å². The lowest BCUT2D eigenvalue weighted by Gasteiger charge is -2.36. The fourth-order valence-electron chi connectivity index (χ4n) is 4.34. The summed E-state index contributed by atoms with van der Waals surface area (Å²) in [7, 11) is 2.13. The van der Waals surface area contributed by atoms with Gasteiger partial charge in [-0.25, -0.2) is 0 Å². The van der Waals surface area contributed by atoms with E-state index < -0.39 is 6.30 Å². The van der Waals surface area contributed by atoms with Gasteiger partial charge in [-0.3, -0.25) is 0 Å². The molecule has 176 valence electrons. The van der Waals surface area contributed by atoms with Crippen LogP contribution in [0.2, 0.25) is 0 Å². The number of nitrogen functional groups attached to an aromatic ring is 1. The summed E-state index contributed by atoms with van der Waals surface area (Å²) in [5, 5.41) is 3.41. The maximum absolute atomic E-state index is 12.9. The minimum atomic E-state index is -4.59. The molecule has 3 aromatic rings. The Labute approximate surface area is 190 Å². The van der Waals surface area contributed by atoms with Crippen LogP contribution in [-0.4, -0.2) is 52.9 Å². The van der Waals surface area contributed by atoms with Crippen LogP contribution in [0.1, 0.15) is 22.3 Å². The van der Waals surface area contributed by atoms with Crippen molar-refractivity contribution in [1.82, 2.24) is 19.7 Å². The SMILES string of the molecule is Cc1cc(/C(N)=C/c2c(-c3cnn(C(F)(F)F)c3)c[nH]c2N)cc(C)c1N1CCN(C)CC1. The summed E-state index contributed by atoms with van der Waals surface area (Å²) < 4.78 is 38.8. The second-order valence-electron chi connectivity index (χ2n) is 8.52. The number of rotatable bonds is 4. The summed E-state index contributed by atoms with van der Waals surface area (Å²) in [4.78, 5) is 7.58. The molecule has 1 fully saturated rings. The number of alkyl halides is 3. The van der Waals surface area contributed by atoms with E-state index in [9.17, 15) is 13.2 Å². The third-order valence-corrected chi connectivity index (χ3v) is 6.05. The molecule has 0 aliphatic carbocycles. The Bertz CT molecular complexity index is 1160. The molecule has 0 spiro atoms. The first kappa shape index (κ1) is 22.8. The lowest BCUT2D eigenvalue weighted by molar-refractivity contribution is -0.212. The number of anilines is 2. The highest BCUT2D eigenvalue weighted by molar-refractivity contribution is 5.90. The Kier molecular flexibility index (Phi) is 5.87. The zero-order valence-electron chi connectivity index (χ0n) is 18.9. The van der Waals surface area contributed by atoms with Gasteiger partial charge in [-0.2, -0.15) is 9.78 Å². The molecule has 10 heteroatoms. The first-order valence-corrected chi connectivity index (χ1v) is 10.7. The van der Waals surface area contributed by atoms with Gasteiger partial charge in [-0.1, -0.05) is 0 Å². The van der Waals surface area contributed by atoms with Gasteiger partial charge < -0.3 is 26.3 Å². The van der Waals surface area contributed by atoms with Gasteiger partial charge in [-0.15, -0.1) is 13.2 Å². The molecular formula is C23H28F3N7.